The Labute approximate surface area is 152 Å². The predicted octanol–water partition coefficient (Wildman–Crippen LogP) is 5.39. The van der Waals surface area contributed by atoms with Crippen LogP contribution in [0.5, 0.6) is 11.5 Å². The number of ether oxygens (including phenoxy) is 2. The van der Waals surface area contributed by atoms with Crippen molar-refractivity contribution < 1.29 is 9.47 Å². The molecule has 0 radical (unpaired) electrons. The van der Waals surface area contributed by atoms with E-state index in [0.717, 1.165) is 33.5 Å². The molecule has 0 fully saturated rings. The molecular formula is C23H19NO2. The van der Waals surface area contributed by atoms with Crippen molar-refractivity contribution in [3.63, 3.8) is 0 Å². The highest BCUT2D eigenvalue weighted by Crippen LogP contribution is 2.21. The zero-order valence-electron chi connectivity index (χ0n) is 14.3. The summed E-state index contributed by atoms with van der Waals surface area (Å²) < 4.78 is 11.8. The molecular weight excluding hydrogens is 322 g/mol. The first-order chi connectivity index (χ1) is 12.9. The fourth-order valence-electron chi connectivity index (χ4n) is 2.78. The monoisotopic (exact) mass is 341 g/mol. The van der Waals surface area contributed by atoms with E-state index < -0.39 is 0 Å². The van der Waals surface area contributed by atoms with E-state index in [0.29, 0.717) is 13.2 Å². The van der Waals surface area contributed by atoms with E-state index in [-0.39, 0.29) is 0 Å². The number of rotatable bonds is 6. The molecule has 1 aromatic heterocycles. The Kier molecular flexibility index (Phi) is 4.79. The van der Waals surface area contributed by atoms with Crippen LogP contribution in [0.1, 0.15) is 11.1 Å². The lowest BCUT2D eigenvalue weighted by molar-refractivity contribution is 0.296. The topological polar surface area (TPSA) is 31.4 Å². The first-order valence-corrected chi connectivity index (χ1v) is 8.60. The Morgan fingerprint density at radius 1 is 0.615 bits per heavy atom. The van der Waals surface area contributed by atoms with Gasteiger partial charge < -0.3 is 9.47 Å². The molecule has 0 aliphatic heterocycles. The molecule has 0 unspecified atom stereocenters. The van der Waals surface area contributed by atoms with E-state index in [9.17, 15) is 0 Å². The number of fused-ring (bicyclic) bond motifs is 1. The minimum absolute atomic E-state index is 0.494. The van der Waals surface area contributed by atoms with Crippen LogP contribution in [0.3, 0.4) is 0 Å². The summed E-state index contributed by atoms with van der Waals surface area (Å²) in [5.74, 6) is 1.68. The van der Waals surface area contributed by atoms with Crippen LogP contribution in [0.25, 0.3) is 10.9 Å². The molecule has 0 aliphatic carbocycles. The van der Waals surface area contributed by atoms with Gasteiger partial charge in [0.25, 0.3) is 0 Å². The highest BCUT2D eigenvalue weighted by Gasteiger charge is 2.01. The van der Waals surface area contributed by atoms with Crippen molar-refractivity contribution in [1.29, 1.82) is 0 Å². The zero-order chi connectivity index (χ0) is 17.6. The summed E-state index contributed by atoms with van der Waals surface area (Å²) in [6.45, 7) is 1.05. The van der Waals surface area contributed by atoms with Crippen molar-refractivity contribution in [3.8, 4) is 11.5 Å². The molecule has 0 spiro atoms. The van der Waals surface area contributed by atoms with E-state index in [1.165, 1.54) is 0 Å². The zero-order valence-corrected chi connectivity index (χ0v) is 14.3. The van der Waals surface area contributed by atoms with Gasteiger partial charge in [-0.05, 0) is 47.5 Å². The van der Waals surface area contributed by atoms with Crippen LogP contribution in [0.15, 0.2) is 91.1 Å². The lowest BCUT2D eigenvalue weighted by Gasteiger charge is -2.10. The van der Waals surface area contributed by atoms with Crippen molar-refractivity contribution in [2.45, 2.75) is 13.2 Å². The number of nitrogens with zero attached hydrogens (tertiary/aromatic N) is 1. The van der Waals surface area contributed by atoms with Gasteiger partial charge in [0.05, 0.1) is 5.52 Å². The maximum absolute atomic E-state index is 5.93. The lowest BCUT2D eigenvalue weighted by Crippen LogP contribution is -1.98. The van der Waals surface area contributed by atoms with Crippen LogP contribution in [0.2, 0.25) is 0 Å². The number of benzene rings is 3. The molecule has 26 heavy (non-hydrogen) atoms. The second-order valence-electron chi connectivity index (χ2n) is 6.07. The second-order valence-corrected chi connectivity index (χ2v) is 6.07. The maximum Gasteiger partial charge on any atom is 0.120 e. The molecule has 3 aromatic carbocycles. The highest BCUT2D eigenvalue weighted by molar-refractivity contribution is 5.79. The normalized spacial score (nSPS) is 10.6. The second kappa shape index (κ2) is 7.70. The van der Waals surface area contributed by atoms with Crippen molar-refractivity contribution in [3.05, 3.63) is 102 Å². The van der Waals surface area contributed by atoms with E-state index in [2.05, 4.69) is 17.1 Å². The highest BCUT2D eigenvalue weighted by atomic mass is 16.5. The molecule has 128 valence electrons. The molecule has 0 saturated carbocycles. The van der Waals surface area contributed by atoms with E-state index in [4.69, 9.17) is 9.47 Å². The van der Waals surface area contributed by atoms with Crippen molar-refractivity contribution >= 4 is 10.9 Å². The van der Waals surface area contributed by atoms with Gasteiger partial charge in [-0.1, -0.05) is 48.5 Å². The quantitative estimate of drug-likeness (QED) is 0.471. The molecule has 1 heterocycles. The summed E-state index contributed by atoms with van der Waals surface area (Å²) in [6.07, 6.45) is 1.80. The van der Waals surface area contributed by atoms with Gasteiger partial charge in [0.15, 0.2) is 0 Å². The summed E-state index contributed by atoms with van der Waals surface area (Å²) in [4.78, 5) is 4.33. The van der Waals surface area contributed by atoms with E-state index in [1.54, 1.807) is 6.20 Å². The van der Waals surface area contributed by atoms with Crippen LogP contribution >= 0.6 is 0 Å². The molecule has 0 atom stereocenters. The van der Waals surface area contributed by atoms with Crippen LogP contribution in [0.4, 0.5) is 0 Å². The molecule has 0 N–H and O–H groups in total. The van der Waals surface area contributed by atoms with Gasteiger partial charge in [-0.15, -0.1) is 0 Å². The third-order valence-electron chi connectivity index (χ3n) is 4.13. The summed E-state index contributed by atoms with van der Waals surface area (Å²) in [7, 11) is 0. The molecule has 0 saturated heterocycles. The van der Waals surface area contributed by atoms with Gasteiger partial charge in [-0.2, -0.15) is 0 Å². The standard InChI is InChI=1S/C23H19NO2/c1-2-6-18(7-3-1)16-25-21-10-4-8-19(14-21)17-26-22-11-12-23-20(15-22)9-5-13-24-23/h1-15H,16-17H2. The van der Waals surface area contributed by atoms with Gasteiger partial charge in [0.1, 0.15) is 24.7 Å². The largest absolute Gasteiger partial charge is 0.489 e. The van der Waals surface area contributed by atoms with Crippen LogP contribution in [-0.4, -0.2) is 4.98 Å². The number of hydrogen-bond donors (Lipinski definition) is 0. The fourth-order valence-corrected chi connectivity index (χ4v) is 2.78. The van der Waals surface area contributed by atoms with E-state index >= 15 is 0 Å². The smallest absolute Gasteiger partial charge is 0.120 e. The Balaban J connectivity index is 1.40. The van der Waals surface area contributed by atoms with E-state index in [1.807, 2.05) is 72.8 Å². The molecule has 0 amide bonds. The lowest BCUT2D eigenvalue weighted by atomic mass is 10.2. The Morgan fingerprint density at radius 3 is 2.27 bits per heavy atom. The van der Waals surface area contributed by atoms with Gasteiger partial charge >= 0.3 is 0 Å². The first kappa shape index (κ1) is 16.2. The predicted molar refractivity (Wildman–Crippen MR) is 103 cm³/mol. The summed E-state index contributed by atoms with van der Waals surface area (Å²) >= 11 is 0. The Hall–Kier alpha value is -3.33. The van der Waals surface area contributed by atoms with Crippen LogP contribution in [-0.2, 0) is 13.2 Å². The van der Waals surface area contributed by atoms with Crippen molar-refractivity contribution in [2.24, 2.45) is 0 Å². The average Bonchev–Trinajstić information content (AvgIpc) is 2.72. The summed E-state index contributed by atoms with van der Waals surface area (Å²) in [5.41, 5.74) is 3.19. The maximum atomic E-state index is 5.93. The minimum Gasteiger partial charge on any atom is -0.489 e. The van der Waals surface area contributed by atoms with Crippen molar-refractivity contribution in [1.82, 2.24) is 4.98 Å². The molecule has 3 nitrogen and oxygen atoms in total. The average molecular weight is 341 g/mol. The number of aromatic nitrogens is 1. The summed E-state index contributed by atoms with van der Waals surface area (Å²) in [6, 6.07) is 28.1. The van der Waals surface area contributed by atoms with Crippen molar-refractivity contribution in [2.75, 3.05) is 0 Å². The fraction of sp³-hybridized carbons (Fsp3) is 0.0870. The molecule has 3 heteroatoms. The molecule has 0 bridgehead atoms. The van der Waals surface area contributed by atoms with Gasteiger partial charge in [-0.25, -0.2) is 0 Å². The molecule has 4 aromatic rings. The van der Waals surface area contributed by atoms with Gasteiger partial charge in [-0.3, -0.25) is 4.98 Å². The SMILES string of the molecule is c1ccc(COc2cccc(COc3ccc4ncccc4c3)c2)cc1. The third kappa shape index (κ3) is 4.01. The van der Waals surface area contributed by atoms with Gasteiger partial charge in [0, 0.05) is 11.6 Å². The molecule has 0 aliphatic rings. The Morgan fingerprint density at radius 2 is 1.38 bits per heavy atom. The van der Waals surface area contributed by atoms with Gasteiger partial charge in [0.2, 0.25) is 0 Å². The Bertz CT molecular complexity index is 999. The van der Waals surface area contributed by atoms with Crippen LogP contribution < -0.4 is 9.47 Å². The number of pyridine rings is 1. The molecule has 4 rings (SSSR count). The third-order valence-corrected chi connectivity index (χ3v) is 4.13. The first-order valence-electron chi connectivity index (χ1n) is 8.60. The summed E-state index contributed by atoms with van der Waals surface area (Å²) in [5, 5.41) is 1.07. The van der Waals surface area contributed by atoms with Crippen LogP contribution in [0, 0.1) is 0 Å². The number of hydrogen-bond acceptors (Lipinski definition) is 3. The minimum atomic E-state index is 0.494.